The van der Waals surface area contributed by atoms with Crippen molar-refractivity contribution in [2.24, 2.45) is 0 Å². The summed E-state index contributed by atoms with van der Waals surface area (Å²) in [5.41, 5.74) is 3.78. The zero-order chi connectivity index (χ0) is 25.9. The van der Waals surface area contributed by atoms with E-state index in [0.29, 0.717) is 41.6 Å². The van der Waals surface area contributed by atoms with Crippen molar-refractivity contribution in [2.75, 3.05) is 18.4 Å². The number of amides is 2. The second-order valence-electron chi connectivity index (χ2n) is 9.33. The molecule has 8 heteroatoms. The van der Waals surface area contributed by atoms with E-state index in [1.165, 1.54) is 6.07 Å². The number of carbonyl (C=O) groups excluding carboxylic acids is 2. The van der Waals surface area contributed by atoms with Crippen molar-refractivity contribution in [2.45, 2.75) is 32.6 Å². The Morgan fingerprint density at radius 3 is 2.41 bits per heavy atom. The number of nitrogens with one attached hydrogen (secondary N) is 1. The Balaban J connectivity index is 1.20. The molecular formula is C29H27FN4O3. The molecule has 5 rings (SSSR count). The number of piperidine rings is 1. The molecule has 7 nitrogen and oxygen atoms in total. The van der Waals surface area contributed by atoms with Gasteiger partial charge in [0.1, 0.15) is 5.82 Å². The quantitative estimate of drug-likeness (QED) is 0.378. The standard InChI is InChI=1S/C29H27FN4O3/c1-18-5-3-4-6-24(18)29(36)34-15-13-22(14-16-34)28-32-26(33-37-28)20-8-10-21(11-9-20)27(35)31-23-12-7-19(2)25(30)17-23/h3-12,17,22H,13-16H2,1-2H3,(H,31,35). The van der Waals surface area contributed by atoms with E-state index >= 15 is 0 Å². The molecule has 37 heavy (non-hydrogen) atoms. The minimum absolute atomic E-state index is 0.0550. The summed E-state index contributed by atoms with van der Waals surface area (Å²) in [5, 5.41) is 6.83. The number of likely N-dealkylation sites (tertiary alicyclic amines) is 1. The van der Waals surface area contributed by atoms with Gasteiger partial charge in [-0.05, 0) is 68.1 Å². The van der Waals surface area contributed by atoms with Crippen LogP contribution in [0, 0.1) is 19.7 Å². The molecule has 0 radical (unpaired) electrons. The van der Waals surface area contributed by atoms with Gasteiger partial charge in [0.25, 0.3) is 11.8 Å². The largest absolute Gasteiger partial charge is 0.339 e. The van der Waals surface area contributed by atoms with Crippen molar-refractivity contribution in [3.05, 3.63) is 101 Å². The summed E-state index contributed by atoms with van der Waals surface area (Å²) in [6.45, 7) is 4.87. The third-order valence-electron chi connectivity index (χ3n) is 6.78. The predicted molar refractivity (Wildman–Crippen MR) is 138 cm³/mol. The van der Waals surface area contributed by atoms with Crippen LogP contribution in [0.5, 0.6) is 0 Å². The molecule has 1 N–H and O–H groups in total. The molecular weight excluding hydrogens is 471 g/mol. The van der Waals surface area contributed by atoms with E-state index in [1.807, 2.05) is 36.1 Å². The van der Waals surface area contributed by atoms with Gasteiger partial charge in [-0.3, -0.25) is 9.59 Å². The minimum Gasteiger partial charge on any atom is -0.339 e. The number of rotatable bonds is 5. The third-order valence-corrected chi connectivity index (χ3v) is 6.78. The Bertz CT molecular complexity index is 1440. The van der Waals surface area contributed by atoms with Crippen LogP contribution in [0.3, 0.4) is 0 Å². The molecule has 3 aromatic carbocycles. The lowest BCUT2D eigenvalue weighted by Crippen LogP contribution is -2.38. The topological polar surface area (TPSA) is 88.3 Å². The molecule has 0 saturated carbocycles. The second-order valence-corrected chi connectivity index (χ2v) is 9.33. The molecule has 188 valence electrons. The summed E-state index contributed by atoms with van der Waals surface area (Å²) in [4.78, 5) is 31.9. The van der Waals surface area contributed by atoms with Crippen molar-refractivity contribution < 1.29 is 18.5 Å². The predicted octanol–water partition coefficient (Wildman–Crippen LogP) is 5.76. The lowest BCUT2D eigenvalue weighted by Gasteiger charge is -2.30. The van der Waals surface area contributed by atoms with Gasteiger partial charge in [0.15, 0.2) is 0 Å². The molecule has 1 fully saturated rings. The van der Waals surface area contributed by atoms with Gasteiger partial charge in [0.05, 0.1) is 0 Å². The molecule has 1 saturated heterocycles. The average molecular weight is 499 g/mol. The number of aryl methyl sites for hydroxylation is 2. The van der Waals surface area contributed by atoms with Crippen LogP contribution in [0.15, 0.2) is 71.3 Å². The Morgan fingerprint density at radius 2 is 1.70 bits per heavy atom. The Labute approximate surface area is 214 Å². The Kier molecular flexibility index (Phi) is 6.81. The molecule has 1 aromatic heterocycles. The summed E-state index contributed by atoms with van der Waals surface area (Å²) in [6, 6.07) is 19.1. The van der Waals surface area contributed by atoms with E-state index < -0.39 is 0 Å². The van der Waals surface area contributed by atoms with Crippen LogP contribution in [-0.4, -0.2) is 39.9 Å². The summed E-state index contributed by atoms with van der Waals surface area (Å²) in [7, 11) is 0. The first kappa shape index (κ1) is 24.4. The highest BCUT2D eigenvalue weighted by atomic mass is 19.1. The molecule has 0 spiro atoms. The van der Waals surface area contributed by atoms with Crippen molar-refractivity contribution >= 4 is 17.5 Å². The molecule has 0 atom stereocenters. The van der Waals surface area contributed by atoms with Crippen LogP contribution in [0.2, 0.25) is 0 Å². The van der Waals surface area contributed by atoms with Crippen molar-refractivity contribution in [3.63, 3.8) is 0 Å². The van der Waals surface area contributed by atoms with Crippen LogP contribution in [0.4, 0.5) is 10.1 Å². The van der Waals surface area contributed by atoms with Gasteiger partial charge in [-0.15, -0.1) is 0 Å². The highest BCUT2D eigenvalue weighted by molar-refractivity contribution is 6.04. The molecule has 0 unspecified atom stereocenters. The van der Waals surface area contributed by atoms with E-state index in [0.717, 1.165) is 29.5 Å². The molecule has 2 amide bonds. The molecule has 0 bridgehead atoms. The number of aromatic nitrogens is 2. The van der Waals surface area contributed by atoms with E-state index in [4.69, 9.17) is 4.52 Å². The zero-order valence-corrected chi connectivity index (χ0v) is 20.7. The Morgan fingerprint density at radius 1 is 0.973 bits per heavy atom. The summed E-state index contributed by atoms with van der Waals surface area (Å²) >= 11 is 0. The van der Waals surface area contributed by atoms with Crippen molar-refractivity contribution in [1.82, 2.24) is 15.0 Å². The lowest BCUT2D eigenvalue weighted by atomic mass is 9.96. The molecule has 1 aliphatic rings. The van der Waals surface area contributed by atoms with Crippen molar-refractivity contribution in [1.29, 1.82) is 0 Å². The van der Waals surface area contributed by atoms with Gasteiger partial charge >= 0.3 is 0 Å². The van der Waals surface area contributed by atoms with Gasteiger partial charge in [0.2, 0.25) is 11.7 Å². The van der Waals surface area contributed by atoms with Crippen LogP contribution < -0.4 is 5.32 Å². The number of anilines is 1. The second kappa shape index (κ2) is 10.3. The monoisotopic (exact) mass is 498 g/mol. The number of nitrogens with zero attached hydrogens (tertiary/aromatic N) is 3. The summed E-state index contributed by atoms with van der Waals surface area (Å²) in [6.07, 6.45) is 1.50. The van der Waals surface area contributed by atoms with Crippen LogP contribution >= 0.6 is 0 Å². The molecule has 2 heterocycles. The summed E-state index contributed by atoms with van der Waals surface area (Å²) < 4.78 is 19.3. The number of benzene rings is 3. The van der Waals surface area contributed by atoms with E-state index in [1.54, 1.807) is 43.3 Å². The van der Waals surface area contributed by atoms with Gasteiger partial charge in [-0.1, -0.05) is 41.6 Å². The fourth-order valence-electron chi connectivity index (χ4n) is 4.48. The fraction of sp³-hybridized carbons (Fsp3) is 0.241. The van der Waals surface area contributed by atoms with Crippen LogP contribution in [0.1, 0.15) is 56.5 Å². The Hall–Kier alpha value is -4.33. The van der Waals surface area contributed by atoms with Gasteiger partial charge < -0.3 is 14.7 Å². The maximum absolute atomic E-state index is 13.8. The molecule has 4 aromatic rings. The van der Waals surface area contributed by atoms with Crippen molar-refractivity contribution in [3.8, 4) is 11.4 Å². The number of carbonyl (C=O) groups is 2. The average Bonchev–Trinajstić information content (AvgIpc) is 3.41. The first-order chi connectivity index (χ1) is 17.9. The third kappa shape index (κ3) is 5.28. The number of hydrogen-bond donors (Lipinski definition) is 1. The highest BCUT2D eigenvalue weighted by Gasteiger charge is 2.28. The first-order valence-corrected chi connectivity index (χ1v) is 12.3. The molecule has 0 aliphatic carbocycles. The molecule has 1 aliphatic heterocycles. The van der Waals surface area contributed by atoms with Crippen LogP contribution in [0.25, 0.3) is 11.4 Å². The maximum Gasteiger partial charge on any atom is 0.255 e. The maximum atomic E-state index is 13.8. The van der Waals surface area contributed by atoms with Gasteiger partial charge in [-0.25, -0.2) is 4.39 Å². The number of halogens is 1. The van der Waals surface area contributed by atoms with E-state index in [9.17, 15) is 14.0 Å². The number of hydrogen-bond acceptors (Lipinski definition) is 5. The minimum atomic E-state index is -0.371. The van der Waals surface area contributed by atoms with E-state index in [-0.39, 0.29) is 23.5 Å². The lowest BCUT2D eigenvalue weighted by molar-refractivity contribution is 0.0703. The smallest absolute Gasteiger partial charge is 0.255 e. The SMILES string of the molecule is Cc1ccc(NC(=O)c2ccc(-c3noc(C4CCN(C(=O)c5ccccc5C)CC4)n3)cc2)cc1F. The fourth-order valence-corrected chi connectivity index (χ4v) is 4.48. The van der Waals surface area contributed by atoms with Gasteiger partial charge in [-0.2, -0.15) is 4.98 Å². The highest BCUT2D eigenvalue weighted by Crippen LogP contribution is 2.29. The first-order valence-electron chi connectivity index (χ1n) is 12.3. The van der Waals surface area contributed by atoms with Gasteiger partial charge in [0, 0.05) is 41.4 Å². The normalized spacial score (nSPS) is 14.0. The summed E-state index contributed by atoms with van der Waals surface area (Å²) in [5.74, 6) is 0.434. The van der Waals surface area contributed by atoms with E-state index in [2.05, 4.69) is 15.5 Å². The van der Waals surface area contributed by atoms with Crippen LogP contribution in [-0.2, 0) is 0 Å². The zero-order valence-electron chi connectivity index (χ0n) is 20.7.